The second-order valence-electron chi connectivity index (χ2n) is 15.4. The van der Waals surface area contributed by atoms with Crippen LogP contribution in [0.3, 0.4) is 0 Å². The summed E-state index contributed by atoms with van der Waals surface area (Å²) in [5.74, 6) is -1.56. The summed E-state index contributed by atoms with van der Waals surface area (Å²) in [7, 11) is 0. The zero-order valence-electron chi connectivity index (χ0n) is 33.0. The molecule has 61 heavy (non-hydrogen) atoms. The molecule has 0 spiro atoms. The monoisotopic (exact) mass is 894 g/mol. The van der Waals surface area contributed by atoms with E-state index in [0.29, 0.717) is 0 Å². The lowest BCUT2D eigenvalue weighted by Crippen LogP contribution is -2.71. The van der Waals surface area contributed by atoms with Gasteiger partial charge in [-0.25, -0.2) is 0 Å². The van der Waals surface area contributed by atoms with Crippen LogP contribution in [-0.2, 0) is 52.2 Å². The van der Waals surface area contributed by atoms with Crippen LogP contribution in [0.5, 0.6) is 0 Å². The number of aliphatic hydroxyl groups is 14. The predicted octanol–water partition coefficient (Wildman–Crippen LogP) is -10.6. The molecule has 5 fully saturated rings. The molecule has 0 radical (unpaired) electrons. The molecule has 27 nitrogen and oxygen atoms in total. The van der Waals surface area contributed by atoms with Crippen molar-refractivity contribution in [1.29, 1.82) is 0 Å². The van der Waals surface area contributed by atoms with Gasteiger partial charge in [-0.2, -0.15) is 0 Å². The van der Waals surface area contributed by atoms with Gasteiger partial charge in [-0.1, -0.05) is 0 Å². The van der Waals surface area contributed by atoms with E-state index in [0.717, 1.165) is 13.8 Å². The molecular weight excluding hydrogens is 836 g/mol. The third-order valence-electron chi connectivity index (χ3n) is 11.1. The first-order valence-corrected chi connectivity index (χ1v) is 19.5. The quantitative estimate of drug-likeness (QED) is 0.0770. The SMILES string of the molecule is CC(=O)N[C@H]1[C@H](O[C@H]2[C@@H](O)[C@@H](CO)O[C@@H](O[C@H]3[C@@H](O)[C@@H](CO)OC(O)[C@@H]3NC(C)=O)[C@@H]2O)O[C@H](CO)[C@@H](O[C@@H]2O[C@H](CO)[C@H](O)[C@H](O)[C@H]2O)[C@@H]1O[C@@H]1O[C@@H](C)[C@@H](O)[C@@H](O)[C@@H]1O. The molecule has 0 aromatic carbocycles. The van der Waals surface area contributed by atoms with Gasteiger partial charge in [0.1, 0.15) is 116 Å². The molecule has 5 saturated heterocycles. The summed E-state index contributed by atoms with van der Waals surface area (Å²) in [4.78, 5) is 24.8. The fourth-order valence-electron chi connectivity index (χ4n) is 7.77. The number of carbonyl (C=O) groups excluding carboxylic acids is 2. The average molecular weight is 895 g/mol. The van der Waals surface area contributed by atoms with E-state index >= 15 is 0 Å². The highest BCUT2D eigenvalue weighted by Crippen LogP contribution is 2.37. The van der Waals surface area contributed by atoms with E-state index in [1.165, 1.54) is 6.92 Å². The van der Waals surface area contributed by atoms with Gasteiger partial charge in [0, 0.05) is 13.8 Å². The largest absolute Gasteiger partial charge is 0.394 e. The van der Waals surface area contributed by atoms with E-state index in [9.17, 15) is 81.1 Å². The van der Waals surface area contributed by atoms with Crippen molar-refractivity contribution in [3.63, 3.8) is 0 Å². The average Bonchev–Trinajstić information content (AvgIpc) is 3.22. The summed E-state index contributed by atoms with van der Waals surface area (Å²) >= 11 is 0. The summed E-state index contributed by atoms with van der Waals surface area (Å²) in [6.45, 7) is -0.293. The summed E-state index contributed by atoms with van der Waals surface area (Å²) in [6, 6.07) is -3.29. The molecule has 0 aromatic heterocycles. The molecule has 27 heteroatoms. The van der Waals surface area contributed by atoms with E-state index < -0.39 is 192 Å². The van der Waals surface area contributed by atoms with Crippen molar-refractivity contribution < 1.29 is 124 Å². The van der Waals surface area contributed by atoms with E-state index in [4.69, 9.17) is 42.6 Å². The number of nitrogens with one attached hydrogen (secondary N) is 2. The summed E-state index contributed by atoms with van der Waals surface area (Å²) in [5.41, 5.74) is 0. The number of ether oxygens (including phenoxy) is 9. The Bertz CT molecular complexity index is 1420. The molecule has 5 heterocycles. The van der Waals surface area contributed by atoms with E-state index in [1.54, 1.807) is 0 Å². The van der Waals surface area contributed by atoms with E-state index in [2.05, 4.69) is 10.6 Å². The molecule has 5 aliphatic heterocycles. The Labute approximate surface area is 346 Å². The minimum atomic E-state index is -2.15. The lowest BCUT2D eigenvalue weighted by molar-refractivity contribution is -0.389. The second-order valence-corrected chi connectivity index (χ2v) is 15.4. The van der Waals surface area contributed by atoms with E-state index in [-0.39, 0.29) is 0 Å². The van der Waals surface area contributed by atoms with Gasteiger partial charge in [-0.3, -0.25) is 9.59 Å². The van der Waals surface area contributed by atoms with Gasteiger partial charge in [-0.05, 0) is 6.92 Å². The van der Waals surface area contributed by atoms with Gasteiger partial charge in [-0.15, -0.1) is 0 Å². The Morgan fingerprint density at radius 3 is 1.39 bits per heavy atom. The third-order valence-corrected chi connectivity index (χ3v) is 11.1. The van der Waals surface area contributed by atoms with Crippen molar-refractivity contribution in [2.75, 3.05) is 26.4 Å². The number of carbonyl (C=O) groups is 2. The molecule has 25 atom stereocenters. The molecule has 0 aromatic rings. The predicted molar refractivity (Wildman–Crippen MR) is 188 cm³/mol. The maximum atomic E-state index is 12.8. The summed E-state index contributed by atoms with van der Waals surface area (Å²) in [6.07, 6.45) is -41.7. The molecular formula is C34H58N2O25. The zero-order valence-corrected chi connectivity index (χ0v) is 33.0. The van der Waals surface area contributed by atoms with Crippen LogP contribution in [0.1, 0.15) is 20.8 Å². The minimum Gasteiger partial charge on any atom is -0.394 e. The molecule has 2 amide bonds. The van der Waals surface area contributed by atoms with Crippen LogP contribution in [-0.4, -0.2) is 263 Å². The first-order chi connectivity index (χ1) is 28.8. The second kappa shape index (κ2) is 21.3. The van der Waals surface area contributed by atoms with Crippen molar-refractivity contribution >= 4 is 11.8 Å². The van der Waals surface area contributed by atoms with Gasteiger partial charge < -0.3 is 125 Å². The highest BCUT2D eigenvalue weighted by molar-refractivity contribution is 5.73. The summed E-state index contributed by atoms with van der Waals surface area (Å²) in [5, 5.41) is 153. The fourth-order valence-corrected chi connectivity index (χ4v) is 7.77. The smallest absolute Gasteiger partial charge is 0.217 e. The maximum Gasteiger partial charge on any atom is 0.217 e. The lowest BCUT2D eigenvalue weighted by atomic mass is 9.93. The van der Waals surface area contributed by atoms with Crippen LogP contribution in [0.25, 0.3) is 0 Å². The molecule has 5 aliphatic rings. The van der Waals surface area contributed by atoms with Gasteiger partial charge >= 0.3 is 0 Å². The Hall–Kier alpha value is -1.98. The molecule has 0 saturated carbocycles. The molecule has 354 valence electrons. The highest BCUT2D eigenvalue weighted by Gasteiger charge is 2.58. The van der Waals surface area contributed by atoms with Crippen LogP contribution in [0.4, 0.5) is 0 Å². The number of hydrogen-bond acceptors (Lipinski definition) is 25. The Morgan fingerprint density at radius 1 is 0.426 bits per heavy atom. The standard InChI is InChI=1S/C34H58N2O25/c1-8-17(43)21(47)23(49)32(53-8)60-28-16(36-10(3)42)31(57-14(7-40)26(28)58-33-24(50)22(48)18(44)11(4-37)55-33)61-29-20(46)13(6-39)56-34(25(29)51)59-27-15(35-9(2)41)30(52)54-12(5-38)19(27)45/h8,11-34,37-40,43-52H,4-7H2,1-3H3,(H,35,41)(H,36,42)/t8-,11+,12+,13+,14+,15+,16+,17+,18-,19-,20-,21+,22-,23-,24+,25+,26+,27+,28+,29-,30?,31-,32-,33-,34-/m0/s1. The molecule has 16 N–H and O–H groups in total. The number of hydrogen-bond donors (Lipinski definition) is 16. The van der Waals surface area contributed by atoms with Gasteiger partial charge in [0.15, 0.2) is 31.5 Å². The highest BCUT2D eigenvalue weighted by atomic mass is 16.8. The Balaban J connectivity index is 1.51. The van der Waals surface area contributed by atoms with Crippen molar-refractivity contribution in [3.8, 4) is 0 Å². The first kappa shape index (κ1) is 50.0. The van der Waals surface area contributed by atoms with Gasteiger partial charge in [0.25, 0.3) is 0 Å². The Kier molecular flexibility index (Phi) is 17.5. The number of rotatable bonds is 14. The van der Waals surface area contributed by atoms with Gasteiger partial charge in [0.2, 0.25) is 11.8 Å². The Morgan fingerprint density at radius 2 is 0.836 bits per heavy atom. The lowest BCUT2D eigenvalue weighted by Gasteiger charge is -2.51. The summed E-state index contributed by atoms with van der Waals surface area (Å²) < 4.78 is 51.9. The van der Waals surface area contributed by atoms with E-state index in [1.807, 2.05) is 0 Å². The van der Waals surface area contributed by atoms with Crippen molar-refractivity contribution in [2.24, 2.45) is 0 Å². The third kappa shape index (κ3) is 10.8. The van der Waals surface area contributed by atoms with Crippen molar-refractivity contribution in [3.05, 3.63) is 0 Å². The number of amides is 2. The van der Waals surface area contributed by atoms with Crippen LogP contribution < -0.4 is 10.6 Å². The van der Waals surface area contributed by atoms with Crippen LogP contribution in [0.15, 0.2) is 0 Å². The molecule has 1 unspecified atom stereocenters. The molecule has 5 rings (SSSR count). The number of aliphatic hydroxyl groups excluding tert-OH is 14. The maximum absolute atomic E-state index is 12.8. The molecule has 0 aliphatic carbocycles. The zero-order chi connectivity index (χ0) is 45.2. The fraction of sp³-hybridized carbons (Fsp3) is 0.941. The van der Waals surface area contributed by atoms with Crippen LogP contribution >= 0.6 is 0 Å². The molecule has 0 bridgehead atoms. The van der Waals surface area contributed by atoms with Gasteiger partial charge in [0.05, 0.1) is 32.5 Å². The minimum absolute atomic E-state index is 0.723. The van der Waals surface area contributed by atoms with Crippen molar-refractivity contribution in [2.45, 2.75) is 174 Å². The topological polar surface area (TPSA) is 424 Å². The normalized spacial score (nSPS) is 49.6. The van der Waals surface area contributed by atoms with Crippen LogP contribution in [0, 0.1) is 0 Å². The van der Waals surface area contributed by atoms with Crippen LogP contribution in [0.2, 0.25) is 0 Å². The first-order valence-electron chi connectivity index (χ1n) is 19.5. The van der Waals surface area contributed by atoms with Crippen molar-refractivity contribution in [1.82, 2.24) is 10.6 Å².